The number of aromatic amines is 1. The van der Waals surface area contributed by atoms with Gasteiger partial charge >= 0.3 is 0 Å². The summed E-state index contributed by atoms with van der Waals surface area (Å²) in [6.07, 6.45) is 2.77. The lowest BCUT2D eigenvalue weighted by Gasteiger charge is -2.22. The van der Waals surface area contributed by atoms with Crippen LogP contribution in [0.1, 0.15) is 43.1 Å². The van der Waals surface area contributed by atoms with Crippen LogP contribution in [0.5, 0.6) is 0 Å². The van der Waals surface area contributed by atoms with E-state index in [1.165, 1.54) is 29.7 Å². The van der Waals surface area contributed by atoms with Gasteiger partial charge in [-0.2, -0.15) is 0 Å². The molecule has 0 fully saturated rings. The second kappa shape index (κ2) is 8.93. The molecule has 1 unspecified atom stereocenters. The zero-order valence-corrected chi connectivity index (χ0v) is 18.9. The van der Waals surface area contributed by atoms with E-state index in [9.17, 15) is 18.0 Å². The molecule has 0 saturated heterocycles. The summed E-state index contributed by atoms with van der Waals surface area (Å²) in [6, 6.07) is 11.5. The fraction of sp³-hybridized carbons (Fsp3) is 0.304. The van der Waals surface area contributed by atoms with Crippen LogP contribution in [0, 0.1) is 0 Å². The minimum absolute atomic E-state index is 0.0154. The normalized spacial score (nSPS) is 12.5. The lowest BCUT2D eigenvalue weighted by Crippen LogP contribution is -2.35. The van der Waals surface area contributed by atoms with Gasteiger partial charge in [0.05, 0.1) is 10.6 Å². The van der Waals surface area contributed by atoms with Gasteiger partial charge in [-0.1, -0.05) is 32.0 Å². The highest BCUT2D eigenvalue weighted by Gasteiger charge is 2.24. The van der Waals surface area contributed by atoms with E-state index in [1.807, 2.05) is 32.9 Å². The van der Waals surface area contributed by atoms with Crippen LogP contribution in [-0.2, 0) is 16.4 Å². The number of pyridine rings is 1. The molecule has 0 aliphatic heterocycles. The van der Waals surface area contributed by atoms with Crippen molar-refractivity contribution in [1.29, 1.82) is 0 Å². The van der Waals surface area contributed by atoms with E-state index >= 15 is 0 Å². The Kier molecular flexibility index (Phi) is 6.50. The molecule has 164 valence electrons. The van der Waals surface area contributed by atoms with Crippen LogP contribution < -0.4 is 15.1 Å². The van der Waals surface area contributed by atoms with Crippen LogP contribution in [0.3, 0.4) is 0 Å². The van der Waals surface area contributed by atoms with Gasteiger partial charge in [0.1, 0.15) is 5.56 Å². The number of sulfonamides is 1. The number of fused-ring (bicyclic) bond motifs is 1. The van der Waals surface area contributed by atoms with Gasteiger partial charge in [-0.15, -0.1) is 0 Å². The Labute approximate surface area is 182 Å². The summed E-state index contributed by atoms with van der Waals surface area (Å²) < 4.78 is 27.8. The Balaban J connectivity index is 2.08. The maximum atomic E-state index is 13.3. The molecule has 3 rings (SSSR count). The molecule has 1 heterocycles. The average Bonchev–Trinajstić information content (AvgIpc) is 2.78. The topological polar surface area (TPSA) is 99.3 Å². The number of para-hydroxylation sites is 1. The van der Waals surface area contributed by atoms with Gasteiger partial charge in [-0.3, -0.25) is 13.9 Å². The molecule has 3 aromatic rings. The molecule has 0 bridgehead atoms. The summed E-state index contributed by atoms with van der Waals surface area (Å²) in [4.78, 5) is 28.3. The first-order valence-corrected chi connectivity index (χ1v) is 11.7. The first-order chi connectivity index (χ1) is 14.7. The van der Waals surface area contributed by atoms with Gasteiger partial charge in [0.25, 0.3) is 15.9 Å². The summed E-state index contributed by atoms with van der Waals surface area (Å²) in [7, 11) is -2.41. The van der Waals surface area contributed by atoms with Crippen molar-refractivity contribution in [2.75, 3.05) is 11.4 Å². The summed E-state index contributed by atoms with van der Waals surface area (Å²) in [5.74, 6) is -0.486. The molecule has 0 aliphatic carbocycles. The molecule has 0 aliphatic rings. The van der Waals surface area contributed by atoms with E-state index in [-0.39, 0.29) is 21.9 Å². The second-order valence-electron chi connectivity index (χ2n) is 7.48. The summed E-state index contributed by atoms with van der Waals surface area (Å²) >= 11 is 0. The van der Waals surface area contributed by atoms with Gasteiger partial charge in [0.2, 0.25) is 5.43 Å². The molecular weight excluding hydrogens is 414 g/mol. The van der Waals surface area contributed by atoms with E-state index in [2.05, 4.69) is 10.3 Å². The molecule has 1 atom stereocenters. The first-order valence-electron chi connectivity index (χ1n) is 10.2. The number of H-pyrrole nitrogens is 1. The second-order valence-corrected chi connectivity index (χ2v) is 9.45. The number of hydrogen-bond acceptors (Lipinski definition) is 4. The van der Waals surface area contributed by atoms with Gasteiger partial charge in [0, 0.05) is 30.2 Å². The summed E-state index contributed by atoms with van der Waals surface area (Å²) in [5, 5.41) is 2.91. The zero-order valence-electron chi connectivity index (χ0n) is 18.1. The van der Waals surface area contributed by atoms with Gasteiger partial charge in [0.15, 0.2) is 0 Å². The molecule has 0 saturated carbocycles. The number of rotatable bonds is 7. The predicted molar refractivity (Wildman–Crippen MR) is 123 cm³/mol. The Morgan fingerprint density at radius 3 is 2.55 bits per heavy atom. The van der Waals surface area contributed by atoms with Crippen molar-refractivity contribution in [3.63, 3.8) is 0 Å². The minimum Gasteiger partial charge on any atom is -0.360 e. The van der Waals surface area contributed by atoms with Crippen molar-refractivity contribution < 1.29 is 13.2 Å². The predicted octanol–water partition coefficient (Wildman–Crippen LogP) is 3.44. The van der Waals surface area contributed by atoms with E-state index in [0.717, 1.165) is 12.0 Å². The minimum atomic E-state index is -3.91. The number of carbonyl (C=O) groups is 1. The Morgan fingerprint density at radius 2 is 1.87 bits per heavy atom. The van der Waals surface area contributed by atoms with Gasteiger partial charge in [-0.05, 0) is 49.6 Å². The van der Waals surface area contributed by atoms with E-state index in [4.69, 9.17) is 0 Å². The van der Waals surface area contributed by atoms with Crippen LogP contribution in [0.15, 0.2) is 58.4 Å². The van der Waals surface area contributed by atoms with Crippen LogP contribution in [-0.4, -0.2) is 32.4 Å². The monoisotopic (exact) mass is 441 g/mol. The number of nitrogens with zero attached hydrogens (tertiary/aromatic N) is 1. The van der Waals surface area contributed by atoms with Crippen LogP contribution >= 0.6 is 0 Å². The highest BCUT2D eigenvalue weighted by molar-refractivity contribution is 7.92. The number of aromatic nitrogens is 1. The molecule has 1 amide bonds. The van der Waals surface area contributed by atoms with Crippen molar-refractivity contribution in [1.82, 2.24) is 10.3 Å². The standard InChI is InChI=1S/C23H27N3O4S/c1-5-15(3)25-23(28)19-14-24-20-12-11-17(13-18(20)22(19)27)31(29,30)26(4)21-10-8-7-9-16(21)6-2/h7-15H,5-6H2,1-4H3,(H,24,27)(H,25,28). The molecule has 7 nitrogen and oxygen atoms in total. The van der Waals surface area contributed by atoms with E-state index in [1.54, 1.807) is 18.2 Å². The van der Waals surface area contributed by atoms with Crippen molar-refractivity contribution in [3.8, 4) is 0 Å². The number of aryl methyl sites for hydroxylation is 1. The van der Waals surface area contributed by atoms with Crippen molar-refractivity contribution in [3.05, 3.63) is 70.0 Å². The van der Waals surface area contributed by atoms with E-state index < -0.39 is 21.4 Å². The third-order valence-electron chi connectivity index (χ3n) is 5.46. The zero-order chi connectivity index (χ0) is 22.8. The van der Waals surface area contributed by atoms with Crippen LogP contribution in [0.25, 0.3) is 10.9 Å². The SMILES string of the molecule is CCc1ccccc1N(C)S(=O)(=O)c1ccc2[nH]cc(C(=O)NC(C)CC)c(=O)c2c1. The van der Waals surface area contributed by atoms with Crippen LogP contribution in [0.2, 0.25) is 0 Å². The number of benzene rings is 2. The summed E-state index contributed by atoms with van der Waals surface area (Å²) in [6.45, 7) is 5.74. The third kappa shape index (κ3) is 4.34. The maximum Gasteiger partial charge on any atom is 0.264 e. The van der Waals surface area contributed by atoms with Crippen LogP contribution in [0.4, 0.5) is 5.69 Å². The summed E-state index contributed by atoms with van der Waals surface area (Å²) in [5.41, 5.74) is 1.38. The molecule has 1 aromatic heterocycles. The molecular formula is C23H27N3O4S. The molecule has 8 heteroatoms. The Bertz CT molecular complexity index is 1280. The quantitative estimate of drug-likeness (QED) is 0.587. The van der Waals surface area contributed by atoms with E-state index in [0.29, 0.717) is 17.6 Å². The Hall–Kier alpha value is -3.13. The number of hydrogen-bond donors (Lipinski definition) is 2. The van der Waals surface area contributed by atoms with Gasteiger partial charge in [-0.25, -0.2) is 8.42 Å². The lowest BCUT2D eigenvalue weighted by molar-refractivity contribution is 0.0938. The first kappa shape index (κ1) is 22.6. The average molecular weight is 442 g/mol. The Morgan fingerprint density at radius 1 is 1.16 bits per heavy atom. The highest BCUT2D eigenvalue weighted by Crippen LogP contribution is 2.27. The number of amides is 1. The molecule has 0 radical (unpaired) electrons. The molecule has 31 heavy (non-hydrogen) atoms. The maximum absolute atomic E-state index is 13.3. The van der Waals surface area contributed by atoms with Crippen molar-refractivity contribution >= 4 is 32.5 Å². The lowest BCUT2D eigenvalue weighted by atomic mass is 10.1. The number of nitrogens with one attached hydrogen (secondary N) is 2. The molecule has 2 aromatic carbocycles. The van der Waals surface area contributed by atoms with Crippen molar-refractivity contribution in [2.45, 2.75) is 44.6 Å². The fourth-order valence-electron chi connectivity index (χ4n) is 3.33. The molecule has 0 spiro atoms. The molecule has 2 N–H and O–H groups in total. The highest BCUT2D eigenvalue weighted by atomic mass is 32.2. The van der Waals surface area contributed by atoms with Crippen molar-refractivity contribution in [2.24, 2.45) is 0 Å². The number of carbonyl (C=O) groups excluding carboxylic acids is 1. The fourth-order valence-corrected chi connectivity index (χ4v) is 4.60. The third-order valence-corrected chi connectivity index (χ3v) is 7.22. The van der Waals surface area contributed by atoms with Gasteiger partial charge < -0.3 is 10.3 Å². The largest absolute Gasteiger partial charge is 0.360 e. The smallest absolute Gasteiger partial charge is 0.264 e. The number of anilines is 1.